The molecule has 0 aliphatic carbocycles. The molecule has 0 aliphatic heterocycles. The molecule has 96 valence electrons. The highest BCUT2D eigenvalue weighted by atomic mass is 32.1. The number of ether oxygens (including phenoxy) is 2. The Morgan fingerprint density at radius 3 is 1.12 bits per heavy atom. The monoisotopic (exact) mass is 254 g/mol. The van der Waals surface area contributed by atoms with Gasteiger partial charge in [0.25, 0.3) is 0 Å². The Kier molecular flexibility index (Phi) is 19.4. The zero-order chi connectivity index (χ0) is 13.6. The van der Waals surface area contributed by atoms with Crippen LogP contribution in [0.5, 0.6) is 0 Å². The van der Waals surface area contributed by atoms with E-state index in [4.69, 9.17) is 0 Å². The molecule has 16 heavy (non-hydrogen) atoms. The number of primary amides is 2. The summed E-state index contributed by atoms with van der Waals surface area (Å²) < 4.78 is 8.36. The van der Waals surface area contributed by atoms with Crippen molar-refractivity contribution in [3.8, 4) is 0 Å². The van der Waals surface area contributed by atoms with E-state index in [-0.39, 0.29) is 5.11 Å². The minimum Gasteiger partial charge on any atom is -0.450 e. The fourth-order valence-corrected chi connectivity index (χ4v) is 0.285. The van der Waals surface area contributed by atoms with Crippen molar-refractivity contribution < 1.29 is 19.1 Å². The Morgan fingerprint density at radius 1 is 0.938 bits per heavy atom. The molecule has 0 bridgehead atoms. The predicted octanol–water partition coefficient (Wildman–Crippen LogP) is -0.608. The predicted molar refractivity (Wildman–Crippen MR) is 63.4 cm³/mol. The summed E-state index contributed by atoms with van der Waals surface area (Å²) in [6, 6.07) is 0. The fraction of sp³-hybridized carbons (Fsp3) is 0.571. The summed E-state index contributed by atoms with van der Waals surface area (Å²) >= 11 is 4.09. The molecule has 0 radical (unpaired) electrons. The molecule has 2 amide bonds. The molecule has 8 nitrogen and oxygen atoms in total. The molecule has 0 rings (SSSR count). The van der Waals surface area contributed by atoms with Gasteiger partial charge in [-0.2, -0.15) is 0 Å². The lowest BCUT2D eigenvalue weighted by Gasteiger charge is -1.89. The van der Waals surface area contributed by atoms with Crippen molar-refractivity contribution >= 4 is 29.5 Å². The number of hydrogen-bond donors (Lipinski definition) is 4. The van der Waals surface area contributed by atoms with E-state index in [1.807, 2.05) is 0 Å². The maximum absolute atomic E-state index is 9.60. The van der Waals surface area contributed by atoms with Crippen LogP contribution in [0.25, 0.3) is 0 Å². The largest absolute Gasteiger partial charge is 0.450 e. The van der Waals surface area contributed by atoms with E-state index in [1.54, 1.807) is 13.8 Å². The van der Waals surface area contributed by atoms with E-state index in [0.717, 1.165) is 0 Å². The summed E-state index contributed by atoms with van der Waals surface area (Å²) in [7, 11) is 0. The number of hydrogen-bond acceptors (Lipinski definition) is 5. The number of nitrogens with two attached hydrogens (primary N) is 4. The van der Waals surface area contributed by atoms with E-state index in [9.17, 15) is 9.59 Å². The Bertz CT molecular complexity index is 193. The van der Waals surface area contributed by atoms with Gasteiger partial charge in [-0.25, -0.2) is 9.59 Å². The van der Waals surface area contributed by atoms with E-state index >= 15 is 0 Å². The fourth-order valence-electron chi connectivity index (χ4n) is 0.285. The summed E-state index contributed by atoms with van der Waals surface area (Å²) in [5.41, 5.74) is 18.3. The third kappa shape index (κ3) is 86.2. The topological polar surface area (TPSA) is 157 Å². The zero-order valence-electron chi connectivity index (χ0n) is 9.26. The first-order valence-electron chi connectivity index (χ1n) is 4.17. The highest BCUT2D eigenvalue weighted by molar-refractivity contribution is 7.80. The third-order valence-electron chi connectivity index (χ3n) is 0.573. The van der Waals surface area contributed by atoms with Crippen LogP contribution in [-0.4, -0.2) is 30.5 Å². The summed E-state index contributed by atoms with van der Waals surface area (Å²) in [6.45, 7) is 4.11. The van der Waals surface area contributed by atoms with Crippen molar-refractivity contribution in [2.24, 2.45) is 22.9 Å². The number of carbonyl (C=O) groups excluding carboxylic acids is 2. The van der Waals surface area contributed by atoms with E-state index < -0.39 is 12.2 Å². The number of rotatable bonds is 2. The van der Waals surface area contributed by atoms with Crippen LogP contribution >= 0.6 is 12.2 Å². The van der Waals surface area contributed by atoms with Crippen LogP contribution in [0, 0.1) is 0 Å². The molecular weight excluding hydrogens is 236 g/mol. The average molecular weight is 254 g/mol. The molecule has 0 aromatic rings. The molecule has 0 spiro atoms. The maximum Gasteiger partial charge on any atom is 0.404 e. The molecule has 0 atom stereocenters. The van der Waals surface area contributed by atoms with Gasteiger partial charge in [-0.1, -0.05) is 0 Å². The smallest absolute Gasteiger partial charge is 0.404 e. The van der Waals surface area contributed by atoms with Crippen LogP contribution in [-0.2, 0) is 9.47 Å². The minimum absolute atomic E-state index is 0.000000000000000222. The second-order valence-corrected chi connectivity index (χ2v) is 2.38. The average Bonchev–Trinajstić information content (AvgIpc) is 2.02. The Hall–Kier alpha value is -1.77. The molecule has 9 heteroatoms. The first kappa shape index (κ1) is 19.7. The van der Waals surface area contributed by atoms with E-state index in [1.165, 1.54) is 0 Å². The normalized spacial score (nSPS) is 7.12. The van der Waals surface area contributed by atoms with Gasteiger partial charge in [0.2, 0.25) is 0 Å². The number of amides is 2. The molecular formula is C7H18N4O4S. The van der Waals surface area contributed by atoms with Gasteiger partial charge in [-0.15, -0.1) is 0 Å². The Balaban J connectivity index is -0.000000162. The lowest BCUT2D eigenvalue weighted by atomic mass is 10.9. The molecule has 0 aromatic heterocycles. The molecule has 0 unspecified atom stereocenters. The van der Waals surface area contributed by atoms with Gasteiger partial charge >= 0.3 is 12.2 Å². The lowest BCUT2D eigenvalue weighted by Crippen LogP contribution is -2.18. The van der Waals surface area contributed by atoms with Gasteiger partial charge in [-0.05, 0) is 26.1 Å². The van der Waals surface area contributed by atoms with Crippen molar-refractivity contribution in [2.45, 2.75) is 13.8 Å². The van der Waals surface area contributed by atoms with Crippen LogP contribution in [0.4, 0.5) is 9.59 Å². The SMILES string of the molecule is CCOC(N)=O.CCOC(N)=O.NC(N)=S. The first-order valence-corrected chi connectivity index (χ1v) is 4.58. The van der Waals surface area contributed by atoms with Crippen molar-refractivity contribution in [3.05, 3.63) is 0 Å². The second kappa shape index (κ2) is 15.7. The van der Waals surface area contributed by atoms with Crippen molar-refractivity contribution in [3.63, 3.8) is 0 Å². The van der Waals surface area contributed by atoms with Crippen LogP contribution < -0.4 is 22.9 Å². The highest BCUT2D eigenvalue weighted by Gasteiger charge is 1.82. The van der Waals surface area contributed by atoms with Gasteiger partial charge in [0, 0.05) is 0 Å². The molecule has 0 aromatic carbocycles. The molecule has 8 N–H and O–H groups in total. The zero-order valence-corrected chi connectivity index (χ0v) is 10.1. The molecule has 0 heterocycles. The molecule has 0 saturated carbocycles. The number of carbonyl (C=O) groups is 2. The maximum atomic E-state index is 9.60. The van der Waals surface area contributed by atoms with Crippen LogP contribution in [0.1, 0.15) is 13.8 Å². The molecule has 0 saturated heterocycles. The van der Waals surface area contributed by atoms with Crippen molar-refractivity contribution in [1.82, 2.24) is 0 Å². The minimum atomic E-state index is -0.711. The van der Waals surface area contributed by atoms with Crippen LogP contribution in [0.2, 0.25) is 0 Å². The second-order valence-electron chi connectivity index (χ2n) is 1.91. The molecule has 0 aliphatic rings. The van der Waals surface area contributed by atoms with Gasteiger partial charge in [-0.3, -0.25) is 0 Å². The Morgan fingerprint density at radius 2 is 1.12 bits per heavy atom. The van der Waals surface area contributed by atoms with Gasteiger partial charge < -0.3 is 32.4 Å². The lowest BCUT2D eigenvalue weighted by molar-refractivity contribution is 0.162. The standard InChI is InChI=1S/2C3H7NO2.CH4N2S/c2*1-2-6-3(4)5;2-1(3)4/h2*2H2,1H3,(H2,4,5);(H4,2,3,4). The third-order valence-corrected chi connectivity index (χ3v) is 0.573. The van der Waals surface area contributed by atoms with Crippen LogP contribution in [0.3, 0.4) is 0 Å². The summed E-state index contributed by atoms with van der Waals surface area (Å²) in [5, 5.41) is 0.000000000000000222. The van der Waals surface area contributed by atoms with Gasteiger partial charge in [0.05, 0.1) is 13.2 Å². The quantitative estimate of drug-likeness (QED) is 0.479. The summed E-state index contributed by atoms with van der Waals surface area (Å²) in [6.07, 6.45) is -1.42. The van der Waals surface area contributed by atoms with Crippen molar-refractivity contribution in [1.29, 1.82) is 0 Å². The Labute approximate surface area is 99.2 Å². The first-order chi connectivity index (χ1) is 7.27. The van der Waals surface area contributed by atoms with Gasteiger partial charge in [0.1, 0.15) is 0 Å². The van der Waals surface area contributed by atoms with Gasteiger partial charge in [0.15, 0.2) is 5.11 Å². The summed E-state index contributed by atoms with van der Waals surface area (Å²) in [5.74, 6) is 0. The van der Waals surface area contributed by atoms with E-state index in [0.29, 0.717) is 13.2 Å². The number of thiocarbonyl (C=S) groups is 1. The van der Waals surface area contributed by atoms with Crippen molar-refractivity contribution in [2.75, 3.05) is 13.2 Å². The highest BCUT2D eigenvalue weighted by Crippen LogP contribution is 1.66. The van der Waals surface area contributed by atoms with Crippen LogP contribution in [0.15, 0.2) is 0 Å². The summed E-state index contributed by atoms with van der Waals surface area (Å²) in [4.78, 5) is 19.2. The van der Waals surface area contributed by atoms with E-state index in [2.05, 4.69) is 44.6 Å². The molecule has 0 fully saturated rings.